The molecule has 0 unspecified atom stereocenters. The van der Waals surface area contributed by atoms with Crippen LogP contribution in [0.5, 0.6) is 0 Å². The van der Waals surface area contributed by atoms with E-state index in [2.05, 4.69) is 15.6 Å². The first-order chi connectivity index (χ1) is 10.6. The Kier molecular flexibility index (Phi) is 7.90. The summed E-state index contributed by atoms with van der Waals surface area (Å²) in [5.41, 5.74) is 6.18. The molecule has 0 spiro atoms. The molecule has 1 heterocycles. The third-order valence-electron chi connectivity index (χ3n) is 2.91. The van der Waals surface area contributed by atoms with Gasteiger partial charge in [0.1, 0.15) is 5.76 Å². The zero-order chi connectivity index (χ0) is 15.9. The Morgan fingerprint density at radius 2 is 2.00 bits per heavy atom. The van der Waals surface area contributed by atoms with Crippen molar-refractivity contribution in [1.29, 1.82) is 0 Å². The van der Waals surface area contributed by atoms with Crippen molar-refractivity contribution in [2.75, 3.05) is 7.05 Å². The molecular formula is C15H18ClIN4O2. The van der Waals surface area contributed by atoms with E-state index in [4.69, 9.17) is 21.8 Å². The molecule has 0 aliphatic heterocycles. The minimum absolute atomic E-state index is 0. The number of hydrogen-bond donors (Lipinski definition) is 3. The number of benzene rings is 1. The molecule has 2 aromatic rings. The molecule has 0 saturated heterocycles. The normalized spacial score (nSPS) is 10.8. The molecule has 1 aromatic heterocycles. The van der Waals surface area contributed by atoms with Crippen LogP contribution in [0.25, 0.3) is 0 Å². The molecule has 0 aliphatic carbocycles. The van der Waals surface area contributed by atoms with Crippen LogP contribution in [0.2, 0.25) is 5.02 Å². The monoisotopic (exact) mass is 448 g/mol. The maximum atomic E-state index is 11.0. The number of nitrogens with one attached hydrogen (secondary N) is 2. The molecule has 0 fully saturated rings. The van der Waals surface area contributed by atoms with Gasteiger partial charge < -0.3 is 20.8 Å². The summed E-state index contributed by atoms with van der Waals surface area (Å²) in [5, 5.41) is 6.93. The summed E-state index contributed by atoms with van der Waals surface area (Å²) < 4.78 is 5.28. The van der Waals surface area contributed by atoms with Gasteiger partial charge in [-0.1, -0.05) is 23.7 Å². The zero-order valence-electron chi connectivity index (χ0n) is 12.5. The molecule has 1 amide bonds. The standard InChI is InChI=1S/C15H17ClN4O2.HI/c1-18-15(19-8-10-3-2-4-11(16)7-10)20-9-12-5-6-13(22-12)14(17)21;/h2-7H,8-9H2,1H3,(H2,17,21)(H2,18,19,20);1H. The first-order valence-corrected chi connectivity index (χ1v) is 7.04. The number of primary amides is 1. The number of nitrogens with zero attached hydrogens (tertiary/aromatic N) is 1. The highest BCUT2D eigenvalue weighted by Gasteiger charge is 2.07. The maximum Gasteiger partial charge on any atom is 0.284 e. The van der Waals surface area contributed by atoms with Crippen molar-refractivity contribution in [3.63, 3.8) is 0 Å². The largest absolute Gasteiger partial charge is 0.454 e. The van der Waals surface area contributed by atoms with Crippen LogP contribution in [0.1, 0.15) is 21.9 Å². The SMILES string of the molecule is CN=C(NCc1cccc(Cl)c1)NCc1ccc(C(N)=O)o1.I. The van der Waals surface area contributed by atoms with Gasteiger partial charge in [-0.15, -0.1) is 24.0 Å². The highest BCUT2D eigenvalue weighted by atomic mass is 127. The lowest BCUT2D eigenvalue weighted by Crippen LogP contribution is -2.36. The first-order valence-electron chi connectivity index (χ1n) is 6.66. The van der Waals surface area contributed by atoms with Crippen LogP contribution in [0.4, 0.5) is 0 Å². The van der Waals surface area contributed by atoms with Crippen LogP contribution in [0.3, 0.4) is 0 Å². The summed E-state index contributed by atoms with van der Waals surface area (Å²) in [6.07, 6.45) is 0. The minimum Gasteiger partial charge on any atom is -0.454 e. The molecule has 0 bridgehead atoms. The first kappa shape index (κ1) is 19.3. The topological polar surface area (TPSA) is 92.6 Å². The van der Waals surface area contributed by atoms with E-state index in [-0.39, 0.29) is 29.7 Å². The van der Waals surface area contributed by atoms with Crippen molar-refractivity contribution in [2.24, 2.45) is 10.7 Å². The Labute approximate surface area is 156 Å². The molecule has 4 N–H and O–H groups in total. The summed E-state index contributed by atoms with van der Waals surface area (Å²) in [4.78, 5) is 15.1. The van der Waals surface area contributed by atoms with Gasteiger partial charge in [-0.05, 0) is 29.8 Å². The molecule has 2 rings (SSSR count). The van der Waals surface area contributed by atoms with Crippen molar-refractivity contribution in [3.05, 3.63) is 58.5 Å². The van der Waals surface area contributed by atoms with Gasteiger partial charge in [-0.3, -0.25) is 9.79 Å². The van der Waals surface area contributed by atoms with E-state index in [0.29, 0.717) is 29.8 Å². The number of furan rings is 1. The summed E-state index contributed by atoms with van der Waals surface area (Å²) >= 11 is 5.94. The van der Waals surface area contributed by atoms with Crippen LogP contribution in [-0.4, -0.2) is 18.9 Å². The van der Waals surface area contributed by atoms with E-state index in [1.807, 2.05) is 24.3 Å². The van der Waals surface area contributed by atoms with Gasteiger partial charge in [0, 0.05) is 18.6 Å². The molecule has 0 aliphatic rings. The summed E-state index contributed by atoms with van der Waals surface area (Å²) in [5.74, 6) is 0.755. The predicted octanol–water partition coefficient (Wildman–Crippen LogP) is 2.52. The average Bonchev–Trinajstić information content (AvgIpc) is 2.97. The van der Waals surface area contributed by atoms with Crippen LogP contribution in [0.15, 0.2) is 45.8 Å². The fourth-order valence-corrected chi connectivity index (χ4v) is 2.04. The molecule has 6 nitrogen and oxygen atoms in total. The third-order valence-corrected chi connectivity index (χ3v) is 3.14. The number of guanidine groups is 1. The molecule has 124 valence electrons. The van der Waals surface area contributed by atoms with Gasteiger partial charge in [0.05, 0.1) is 6.54 Å². The van der Waals surface area contributed by atoms with Crippen molar-refractivity contribution in [1.82, 2.24) is 10.6 Å². The Morgan fingerprint density at radius 1 is 1.26 bits per heavy atom. The van der Waals surface area contributed by atoms with Crippen molar-refractivity contribution in [2.45, 2.75) is 13.1 Å². The average molecular weight is 449 g/mol. The third kappa shape index (κ3) is 6.11. The fourth-order valence-electron chi connectivity index (χ4n) is 1.83. The number of hydrogen-bond acceptors (Lipinski definition) is 3. The van der Waals surface area contributed by atoms with E-state index in [0.717, 1.165) is 5.56 Å². The van der Waals surface area contributed by atoms with Crippen LogP contribution in [-0.2, 0) is 13.1 Å². The Hall–Kier alpha value is -1.74. The second kappa shape index (κ2) is 9.41. The smallest absolute Gasteiger partial charge is 0.284 e. The molecule has 0 atom stereocenters. The van der Waals surface area contributed by atoms with Crippen LogP contribution in [0, 0.1) is 0 Å². The highest BCUT2D eigenvalue weighted by molar-refractivity contribution is 14.0. The number of aliphatic imine (C=N–C) groups is 1. The van der Waals surface area contributed by atoms with E-state index in [9.17, 15) is 4.79 Å². The van der Waals surface area contributed by atoms with Gasteiger partial charge in [-0.2, -0.15) is 0 Å². The van der Waals surface area contributed by atoms with E-state index in [1.165, 1.54) is 0 Å². The van der Waals surface area contributed by atoms with E-state index >= 15 is 0 Å². The molecule has 1 aromatic carbocycles. The molecule has 8 heteroatoms. The lowest BCUT2D eigenvalue weighted by molar-refractivity contribution is 0.0972. The Bertz CT molecular complexity index is 688. The summed E-state index contributed by atoms with van der Waals surface area (Å²) in [6, 6.07) is 10.8. The fraction of sp³-hybridized carbons (Fsp3) is 0.200. The highest BCUT2D eigenvalue weighted by Crippen LogP contribution is 2.10. The summed E-state index contributed by atoms with van der Waals surface area (Å²) in [6.45, 7) is 0.980. The number of halogens is 2. The number of rotatable bonds is 5. The second-order valence-corrected chi connectivity index (χ2v) is 4.98. The predicted molar refractivity (Wildman–Crippen MR) is 101 cm³/mol. The van der Waals surface area contributed by atoms with E-state index in [1.54, 1.807) is 19.2 Å². The lowest BCUT2D eigenvalue weighted by atomic mass is 10.2. The van der Waals surface area contributed by atoms with Gasteiger partial charge in [-0.25, -0.2) is 0 Å². The lowest BCUT2D eigenvalue weighted by Gasteiger charge is -2.11. The van der Waals surface area contributed by atoms with Crippen molar-refractivity contribution in [3.8, 4) is 0 Å². The number of amides is 1. The van der Waals surface area contributed by atoms with E-state index < -0.39 is 5.91 Å². The minimum atomic E-state index is -0.588. The quantitative estimate of drug-likeness (QED) is 0.372. The molecule has 23 heavy (non-hydrogen) atoms. The maximum absolute atomic E-state index is 11.0. The number of carbonyl (C=O) groups is 1. The molecule has 0 saturated carbocycles. The van der Waals surface area contributed by atoms with Crippen LogP contribution < -0.4 is 16.4 Å². The number of nitrogens with two attached hydrogens (primary N) is 1. The van der Waals surface area contributed by atoms with Gasteiger partial charge >= 0.3 is 0 Å². The van der Waals surface area contributed by atoms with Gasteiger partial charge in [0.25, 0.3) is 5.91 Å². The molecule has 0 radical (unpaired) electrons. The number of carbonyl (C=O) groups excluding carboxylic acids is 1. The molecular weight excluding hydrogens is 431 g/mol. The van der Waals surface area contributed by atoms with Gasteiger partial charge in [0.2, 0.25) is 0 Å². The second-order valence-electron chi connectivity index (χ2n) is 4.54. The zero-order valence-corrected chi connectivity index (χ0v) is 15.6. The summed E-state index contributed by atoms with van der Waals surface area (Å²) in [7, 11) is 1.67. The van der Waals surface area contributed by atoms with Crippen molar-refractivity contribution >= 4 is 47.4 Å². The van der Waals surface area contributed by atoms with Crippen LogP contribution >= 0.6 is 35.6 Å². The Balaban J connectivity index is 0.00000264. The van der Waals surface area contributed by atoms with Gasteiger partial charge in [0.15, 0.2) is 11.7 Å². The van der Waals surface area contributed by atoms with Crippen molar-refractivity contribution < 1.29 is 9.21 Å². The Morgan fingerprint density at radius 3 is 2.61 bits per heavy atom.